The van der Waals surface area contributed by atoms with Gasteiger partial charge in [-0.1, -0.05) is 0 Å². The van der Waals surface area contributed by atoms with Crippen LogP contribution in [0, 0.1) is 0 Å². The number of amides is 2. The Hall–Kier alpha value is -1.64. The predicted molar refractivity (Wildman–Crippen MR) is 139 cm³/mol. The molecule has 0 bridgehead atoms. The van der Waals surface area contributed by atoms with E-state index in [4.69, 9.17) is 11.6 Å². The lowest BCUT2D eigenvalue weighted by molar-refractivity contribution is -0.143. The third-order valence-corrected chi connectivity index (χ3v) is 10.8. The fourth-order valence-corrected chi connectivity index (χ4v) is 8.36. The standard InChI is InChI=1S/C22H29ClN6O4S3/c23-22-24-20(25-35-22)17-7-8-19(34-17)36(32,33)26-16-6-4-11-28(21(16)31)14-18(30)29-12-3-5-15(29)13-27-9-1-2-10-27/h7-8,15-16,26H,1-6,9-14H2/t15-,16-/m0/s1. The topological polar surface area (TPSA) is 116 Å². The van der Waals surface area contributed by atoms with E-state index in [0.29, 0.717) is 30.1 Å². The smallest absolute Gasteiger partial charge is 0.250 e. The molecule has 3 aliphatic rings. The number of rotatable bonds is 8. The van der Waals surface area contributed by atoms with Gasteiger partial charge in [-0.3, -0.25) is 9.59 Å². The SMILES string of the molecule is O=C1[C@@H](NS(=O)(=O)c2ccc(-c3nsc(Cl)n3)s2)CCCN1CC(=O)N1CCC[C@H]1CN1CCCC1. The van der Waals surface area contributed by atoms with Crippen molar-refractivity contribution in [3.05, 3.63) is 16.6 Å². The zero-order chi connectivity index (χ0) is 25.3. The minimum atomic E-state index is -3.93. The molecule has 3 fully saturated rings. The second kappa shape index (κ2) is 11.0. The second-order valence-electron chi connectivity index (χ2n) is 9.46. The maximum Gasteiger partial charge on any atom is 0.250 e. The Morgan fingerprint density at radius 2 is 1.89 bits per heavy atom. The van der Waals surface area contributed by atoms with Crippen LogP contribution in [0.5, 0.6) is 0 Å². The van der Waals surface area contributed by atoms with Crippen molar-refractivity contribution in [1.29, 1.82) is 0 Å². The van der Waals surface area contributed by atoms with Gasteiger partial charge in [0.2, 0.25) is 16.3 Å². The average molecular weight is 573 g/mol. The molecule has 5 heterocycles. The maximum absolute atomic E-state index is 13.2. The molecule has 36 heavy (non-hydrogen) atoms. The number of likely N-dealkylation sites (tertiary alicyclic amines) is 3. The fraction of sp³-hybridized carbons (Fsp3) is 0.636. The molecule has 3 saturated heterocycles. The molecule has 5 rings (SSSR count). The first kappa shape index (κ1) is 26.0. The minimum Gasteiger partial charge on any atom is -0.337 e. The van der Waals surface area contributed by atoms with Gasteiger partial charge in [-0.05, 0) is 86.9 Å². The largest absolute Gasteiger partial charge is 0.337 e. The number of halogens is 1. The number of nitrogens with zero attached hydrogens (tertiary/aromatic N) is 5. The number of hydrogen-bond donors (Lipinski definition) is 1. The summed E-state index contributed by atoms with van der Waals surface area (Å²) in [5, 5.41) is 0. The Morgan fingerprint density at radius 3 is 2.64 bits per heavy atom. The average Bonchev–Trinajstić information content (AvgIpc) is 3.64. The van der Waals surface area contributed by atoms with Crippen molar-refractivity contribution in [2.75, 3.05) is 39.3 Å². The Balaban J connectivity index is 1.20. The number of thiophene rings is 1. The zero-order valence-corrected chi connectivity index (χ0v) is 23.0. The van der Waals surface area contributed by atoms with Gasteiger partial charge in [0.15, 0.2) is 5.82 Å². The quantitative estimate of drug-likeness (QED) is 0.516. The van der Waals surface area contributed by atoms with Crippen LogP contribution in [0.3, 0.4) is 0 Å². The van der Waals surface area contributed by atoms with E-state index in [1.807, 2.05) is 4.90 Å². The molecule has 2 aromatic heterocycles. The first-order chi connectivity index (χ1) is 17.3. The Kier molecular flexibility index (Phi) is 7.94. The van der Waals surface area contributed by atoms with Gasteiger partial charge in [-0.15, -0.1) is 11.3 Å². The van der Waals surface area contributed by atoms with Crippen LogP contribution >= 0.6 is 34.5 Å². The fourth-order valence-electron chi connectivity index (χ4n) is 5.21. The lowest BCUT2D eigenvalue weighted by atomic mass is 10.1. The summed E-state index contributed by atoms with van der Waals surface area (Å²) in [6.07, 6.45) is 5.41. The molecule has 0 aliphatic carbocycles. The maximum atomic E-state index is 13.2. The van der Waals surface area contributed by atoms with Crippen LogP contribution in [0.25, 0.3) is 10.7 Å². The number of nitrogens with one attached hydrogen (secondary N) is 1. The van der Waals surface area contributed by atoms with E-state index in [1.54, 1.807) is 6.07 Å². The molecule has 0 spiro atoms. The number of hydrogen-bond acceptors (Lipinski definition) is 9. The molecule has 0 unspecified atom stereocenters. The van der Waals surface area contributed by atoms with Crippen LogP contribution in [-0.2, 0) is 19.6 Å². The third kappa shape index (κ3) is 5.76. The summed E-state index contributed by atoms with van der Waals surface area (Å²) in [6, 6.07) is 2.40. The third-order valence-electron chi connectivity index (χ3n) is 6.99. The first-order valence-corrected chi connectivity index (χ1v) is 15.7. The molecule has 10 nitrogen and oxygen atoms in total. The lowest BCUT2D eigenvalue weighted by Gasteiger charge is -2.34. The lowest BCUT2D eigenvalue weighted by Crippen LogP contribution is -2.55. The normalized spacial score (nSPS) is 23.6. The molecule has 2 atom stereocenters. The highest BCUT2D eigenvalue weighted by Gasteiger charge is 2.36. The molecule has 3 aliphatic heterocycles. The van der Waals surface area contributed by atoms with Crippen molar-refractivity contribution in [1.82, 2.24) is 28.8 Å². The minimum absolute atomic E-state index is 0.00698. The summed E-state index contributed by atoms with van der Waals surface area (Å²) in [5.74, 6) is -0.0242. The van der Waals surface area contributed by atoms with E-state index in [0.717, 1.165) is 61.9 Å². The molecule has 14 heteroatoms. The summed E-state index contributed by atoms with van der Waals surface area (Å²) in [7, 11) is -3.93. The number of carbonyl (C=O) groups is 2. The van der Waals surface area contributed by atoms with Gasteiger partial charge >= 0.3 is 0 Å². The highest BCUT2D eigenvalue weighted by atomic mass is 35.5. The van der Waals surface area contributed by atoms with Crippen molar-refractivity contribution in [2.45, 2.75) is 54.8 Å². The van der Waals surface area contributed by atoms with Crippen molar-refractivity contribution < 1.29 is 18.0 Å². The van der Waals surface area contributed by atoms with Gasteiger partial charge < -0.3 is 14.7 Å². The van der Waals surface area contributed by atoms with Crippen molar-refractivity contribution >= 4 is 56.3 Å². The van der Waals surface area contributed by atoms with Gasteiger partial charge in [0.1, 0.15) is 10.3 Å². The van der Waals surface area contributed by atoms with Gasteiger partial charge in [-0.25, -0.2) is 13.4 Å². The predicted octanol–water partition coefficient (Wildman–Crippen LogP) is 2.28. The summed E-state index contributed by atoms with van der Waals surface area (Å²) in [5.41, 5.74) is 0. The van der Waals surface area contributed by atoms with Gasteiger partial charge in [0, 0.05) is 25.7 Å². The van der Waals surface area contributed by atoms with E-state index >= 15 is 0 Å². The van der Waals surface area contributed by atoms with Crippen LogP contribution in [-0.4, -0.2) is 95.6 Å². The molecule has 1 N–H and O–H groups in total. The molecule has 0 radical (unpaired) electrons. The Labute approximate surface area is 223 Å². The van der Waals surface area contributed by atoms with Crippen LogP contribution in [0.15, 0.2) is 16.3 Å². The van der Waals surface area contributed by atoms with E-state index in [2.05, 4.69) is 19.0 Å². The highest BCUT2D eigenvalue weighted by Crippen LogP contribution is 2.31. The van der Waals surface area contributed by atoms with E-state index in [1.165, 1.54) is 23.8 Å². The molecule has 0 aromatic carbocycles. The summed E-state index contributed by atoms with van der Waals surface area (Å²) >= 11 is 7.89. The van der Waals surface area contributed by atoms with Crippen molar-refractivity contribution in [3.63, 3.8) is 0 Å². The summed E-state index contributed by atoms with van der Waals surface area (Å²) in [4.78, 5) is 36.8. The van der Waals surface area contributed by atoms with Crippen LogP contribution < -0.4 is 4.72 Å². The van der Waals surface area contributed by atoms with E-state index < -0.39 is 16.1 Å². The molecular weight excluding hydrogens is 544 g/mol. The molecule has 2 amide bonds. The van der Waals surface area contributed by atoms with Crippen molar-refractivity contribution in [2.24, 2.45) is 0 Å². The van der Waals surface area contributed by atoms with Crippen molar-refractivity contribution in [3.8, 4) is 10.7 Å². The van der Waals surface area contributed by atoms with E-state index in [-0.39, 0.29) is 33.1 Å². The number of sulfonamides is 1. The zero-order valence-electron chi connectivity index (χ0n) is 19.8. The van der Waals surface area contributed by atoms with Crippen LogP contribution in [0.1, 0.15) is 38.5 Å². The van der Waals surface area contributed by atoms with E-state index in [9.17, 15) is 18.0 Å². The first-order valence-electron chi connectivity index (χ1n) is 12.2. The Bertz CT molecular complexity index is 1210. The summed E-state index contributed by atoms with van der Waals surface area (Å²) < 4.78 is 33.1. The van der Waals surface area contributed by atoms with Gasteiger partial charge in [-0.2, -0.15) is 9.10 Å². The number of carbonyl (C=O) groups excluding carboxylic acids is 2. The molecule has 196 valence electrons. The van der Waals surface area contributed by atoms with Gasteiger partial charge in [0.25, 0.3) is 10.0 Å². The Morgan fingerprint density at radius 1 is 1.11 bits per heavy atom. The molecular formula is C22H29ClN6O4S3. The van der Waals surface area contributed by atoms with Crippen LogP contribution in [0.2, 0.25) is 4.47 Å². The molecule has 2 aromatic rings. The molecule has 0 saturated carbocycles. The number of aromatic nitrogens is 2. The summed E-state index contributed by atoms with van der Waals surface area (Å²) in [6.45, 7) is 4.23. The second-order valence-corrected chi connectivity index (χ2v) is 13.8. The monoisotopic (exact) mass is 572 g/mol. The highest BCUT2D eigenvalue weighted by molar-refractivity contribution is 7.91. The van der Waals surface area contributed by atoms with Gasteiger partial charge in [0.05, 0.1) is 11.4 Å². The van der Waals surface area contributed by atoms with Crippen LogP contribution in [0.4, 0.5) is 0 Å². The number of piperidine rings is 1.